The molecule has 1 aromatic carbocycles. The molecule has 0 aliphatic carbocycles. The molecule has 5 nitrogen and oxygen atoms in total. The Labute approximate surface area is 172 Å². The van der Waals surface area contributed by atoms with Gasteiger partial charge in [-0.3, -0.25) is 9.78 Å². The third-order valence-electron chi connectivity index (χ3n) is 5.54. The predicted molar refractivity (Wildman–Crippen MR) is 106 cm³/mol. The van der Waals surface area contributed by atoms with Crippen molar-refractivity contribution in [2.45, 2.75) is 32.2 Å². The quantitative estimate of drug-likeness (QED) is 0.612. The number of pyridine rings is 1. The molecule has 0 N–H and O–H groups in total. The number of amides is 1. The van der Waals surface area contributed by atoms with Crippen LogP contribution in [0.2, 0.25) is 0 Å². The topological polar surface area (TPSA) is 51.0 Å². The maximum absolute atomic E-state index is 13.3. The van der Waals surface area contributed by atoms with Crippen LogP contribution in [0.4, 0.5) is 13.2 Å². The van der Waals surface area contributed by atoms with Gasteiger partial charge in [0.05, 0.1) is 11.4 Å². The lowest BCUT2D eigenvalue weighted by Crippen LogP contribution is -2.36. The fourth-order valence-electron chi connectivity index (χ4n) is 3.89. The second-order valence-corrected chi connectivity index (χ2v) is 7.40. The van der Waals surface area contributed by atoms with Crippen molar-refractivity contribution in [2.24, 2.45) is 0 Å². The number of likely N-dealkylation sites (tertiary alicyclic amines) is 1. The maximum atomic E-state index is 13.3. The minimum atomic E-state index is -2.72. The first-order chi connectivity index (χ1) is 14.4. The van der Waals surface area contributed by atoms with Gasteiger partial charge in [-0.1, -0.05) is 0 Å². The number of nitrogens with zero attached hydrogens (tertiary/aromatic N) is 4. The van der Waals surface area contributed by atoms with Crippen molar-refractivity contribution in [3.05, 3.63) is 60.2 Å². The van der Waals surface area contributed by atoms with Crippen LogP contribution < -0.4 is 0 Å². The Kier molecular flexibility index (Phi) is 5.57. The number of carbonyl (C=O) groups excluding carboxylic acids is 1. The molecule has 0 radical (unpaired) electrons. The van der Waals surface area contributed by atoms with Gasteiger partial charge in [-0.2, -0.15) is 13.9 Å². The van der Waals surface area contributed by atoms with Gasteiger partial charge >= 0.3 is 6.55 Å². The summed E-state index contributed by atoms with van der Waals surface area (Å²) >= 11 is 0. The Bertz CT molecular complexity index is 1040. The summed E-state index contributed by atoms with van der Waals surface area (Å²) in [6, 6.07) is 9.35. The summed E-state index contributed by atoms with van der Waals surface area (Å²) in [6.45, 7) is 0.122. The Hall–Kier alpha value is -3.16. The van der Waals surface area contributed by atoms with Gasteiger partial charge in [0.25, 0.3) is 0 Å². The van der Waals surface area contributed by atoms with Gasteiger partial charge in [0.2, 0.25) is 5.91 Å². The van der Waals surface area contributed by atoms with Crippen LogP contribution in [0.25, 0.3) is 22.5 Å². The molecule has 1 aliphatic rings. The van der Waals surface area contributed by atoms with Gasteiger partial charge in [0.15, 0.2) is 0 Å². The SMILES string of the molecule is CC(=O)N1CCC(c2cnc(-c3ccc(F)cc3)cc2-c2ccn(C(F)F)n2)CC1. The first kappa shape index (κ1) is 20.1. The van der Waals surface area contributed by atoms with E-state index in [1.54, 1.807) is 31.3 Å². The van der Waals surface area contributed by atoms with E-state index >= 15 is 0 Å². The third kappa shape index (κ3) is 4.08. The van der Waals surface area contributed by atoms with Crippen LogP contribution in [0, 0.1) is 5.82 Å². The summed E-state index contributed by atoms with van der Waals surface area (Å²) in [5.74, 6) is -0.153. The zero-order valence-corrected chi connectivity index (χ0v) is 16.4. The fourth-order valence-corrected chi connectivity index (χ4v) is 3.89. The van der Waals surface area contributed by atoms with Crippen molar-refractivity contribution in [3.63, 3.8) is 0 Å². The van der Waals surface area contributed by atoms with E-state index in [1.807, 2.05) is 11.0 Å². The number of benzene rings is 1. The molecule has 4 rings (SSSR count). The highest BCUT2D eigenvalue weighted by molar-refractivity contribution is 5.74. The van der Waals surface area contributed by atoms with E-state index in [-0.39, 0.29) is 17.6 Å². The molecule has 0 unspecified atom stereocenters. The smallest absolute Gasteiger partial charge is 0.333 e. The zero-order chi connectivity index (χ0) is 21.3. The molecule has 3 heterocycles. The highest BCUT2D eigenvalue weighted by Crippen LogP contribution is 2.36. The Balaban J connectivity index is 1.73. The molecule has 1 fully saturated rings. The summed E-state index contributed by atoms with van der Waals surface area (Å²) in [5.41, 5.74) is 3.42. The minimum absolute atomic E-state index is 0.0501. The van der Waals surface area contributed by atoms with Crippen LogP contribution in [-0.4, -0.2) is 38.7 Å². The molecule has 3 aromatic rings. The Morgan fingerprint density at radius 2 is 1.80 bits per heavy atom. The maximum Gasteiger partial charge on any atom is 0.333 e. The second-order valence-electron chi connectivity index (χ2n) is 7.40. The molecule has 2 aromatic heterocycles. The zero-order valence-electron chi connectivity index (χ0n) is 16.4. The average Bonchev–Trinajstić information content (AvgIpc) is 3.24. The number of halogens is 3. The van der Waals surface area contributed by atoms with E-state index in [2.05, 4.69) is 10.1 Å². The summed E-state index contributed by atoms with van der Waals surface area (Å²) in [4.78, 5) is 18.0. The molecule has 1 saturated heterocycles. The van der Waals surface area contributed by atoms with E-state index < -0.39 is 6.55 Å². The van der Waals surface area contributed by atoms with Crippen LogP contribution in [-0.2, 0) is 4.79 Å². The Morgan fingerprint density at radius 1 is 1.10 bits per heavy atom. The van der Waals surface area contributed by atoms with Gasteiger partial charge in [0, 0.05) is 43.5 Å². The van der Waals surface area contributed by atoms with E-state index in [0.717, 1.165) is 29.5 Å². The molecule has 0 atom stereocenters. The number of hydrogen-bond acceptors (Lipinski definition) is 3. The summed E-state index contributed by atoms with van der Waals surface area (Å²) < 4.78 is 40.0. The molecular formula is C22H21F3N4O. The lowest BCUT2D eigenvalue weighted by Gasteiger charge is -2.32. The number of carbonyl (C=O) groups is 1. The van der Waals surface area contributed by atoms with E-state index in [4.69, 9.17) is 0 Å². The van der Waals surface area contributed by atoms with Crippen molar-refractivity contribution in [1.29, 1.82) is 0 Å². The number of piperidine rings is 1. The second kappa shape index (κ2) is 8.30. The molecule has 0 spiro atoms. The molecule has 1 aliphatic heterocycles. The van der Waals surface area contributed by atoms with Crippen LogP contribution in [0.1, 0.15) is 37.8 Å². The monoisotopic (exact) mass is 414 g/mol. The Morgan fingerprint density at radius 3 is 2.40 bits per heavy atom. The third-order valence-corrected chi connectivity index (χ3v) is 5.54. The van der Waals surface area contributed by atoms with Gasteiger partial charge in [-0.25, -0.2) is 9.07 Å². The lowest BCUT2D eigenvalue weighted by molar-refractivity contribution is -0.129. The van der Waals surface area contributed by atoms with E-state index in [9.17, 15) is 18.0 Å². The van der Waals surface area contributed by atoms with Gasteiger partial charge in [-0.15, -0.1) is 0 Å². The molecule has 0 saturated carbocycles. The highest BCUT2D eigenvalue weighted by atomic mass is 19.3. The van der Waals surface area contributed by atoms with Crippen molar-refractivity contribution in [1.82, 2.24) is 19.7 Å². The molecule has 8 heteroatoms. The molecule has 1 amide bonds. The van der Waals surface area contributed by atoms with Crippen molar-refractivity contribution >= 4 is 5.91 Å². The largest absolute Gasteiger partial charge is 0.343 e. The highest BCUT2D eigenvalue weighted by Gasteiger charge is 2.25. The molecule has 156 valence electrons. The summed E-state index contributed by atoms with van der Waals surface area (Å²) in [6.07, 6.45) is 4.53. The molecular weight excluding hydrogens is 393 g/mol. The average molecular weight is 414 g/mol. The van der Waals surface area contributed by atoms with Crippen molar-refractivity contribution in [3.8, 4) is 22.5 Å². The van der Waals surface area contributed by atoms with Crippen molar-refractivity contribution in [2.75, 3.05) is 13.1 Å². The van der Waals surface area contributed by atoms with Gasteiger partial charge in [0.1, 0.15) is 5.82 Å². The normalized spacial score (nSPS) is 15.0. The van der Waals surface area contributed by atoms with Crippen LogP contribution in [0.15, 0.2) is 48.8 Å². The number of aromatic nitrogens is 3. The van der Waals surface area contributed by atoms with Crippen LogP contribution >= 0.6 is 0 Å². The van der Waals surface area contributed by atoms with Gasteiger partial charge in [-0.05, 0) is 60.7 Å². The molecule has 30 heavy (non-hydrogen) atoms. The fraction of sp³-hybridized carbons (Fsp3) is 0.318. The number of hydrogen-bond donors (Lipinski definition) is 0. The van der Waals surface area contributed by atoms with Crippen LogP contribution in [0.5, 0.6) is 0 Å². The first-order valence-corrected chi connectivity index (χ1v) is 9.77. The van der Waals surface area contributed by atoms with E-state index in [0.29, 0.717) is 29.2 Å². The molecule has 0 bridgehead atoms. The van der Waals surface area contributed by atoms with Gasteiger partial charge < -0.3 is 4.90 Å². The van der Waals surface area contributed by atoms with Crippen molar-refractivity contribution < 1.29 is 18.0 Å². The predicted octanol–water partition coefficient (Wildman–Crippen LogP) is 4.87. The van der Waals surface area contributed by atoms with E-state index in [1.165, 1.54) is 18.3 Å². The lowest BCUT2D eigenvalue weighted by atomic mass is 9.86. The summed E-state index contributed by atoms with van der Waals surface area (Å²) in [5, 5.41) is 4.04. The number of alkyl halides is 2. The van der Waals surface area contributed by atoms with Crippen LogP contribution in [0.3, 0.4) is 0 Å². The summed E-state index contributed by atoms with van der Waals surface area (Å²) in [7, 11) is 0. The minimum Gasteiger partial charge on any atom is -0.343 e. The standard InChI is InChI=1S/C22H21F3N4O/c1-14(30)28-9-6-15(7-10-28)19-13-26-21(16-2-4-17(23)5-3-16)12-18(19)20-8-11-29(27-20)22(24)25/h2-5,8,11-13,15,22H,6-7,9-10H2,1H3. The first-order valence-electron chi connectivity index (χ1n) is 9.77. The number of rotatable bonds is 4.